The molecule has 0 aliphatic rings. The highest BCUT2D eigenvalue weighted by Crippen LogP contribution is 2.22. The van der Waals surface area contributed by atoms with Crippen LogP contribution in [0.25, 0.3) is 0 Å². The lowest BCUT2D eigenvalue weighted by atomic mass is 10.3. The largest absolute Gasteiger partial charge is 0.464 e. The van der Waals surface area contributed by atoms with Gasteiger partial charge in [-0.1, -0.05) is 0 Å². The molecule has 0 unspecified atom stereocenters. The summed E-state index contributed by atoms with van der Waals surface area (Å²) >= 11 is 0. The van der Waals surface area contributed by atoms with Crippen molar-refractivity contribution in [2.45, 2.75) is 6.92 Å². The lowest BCUT2D eigenvalue weighted by molar-refractivity contribution is 0.312. The van der Waals surface area contributed by atoms with E-state index in [2.05, 4.69) is 25.7 Å². The summed E-state index contributed by atoms with van der Waals surface area (Å²) in [5.41, 5.74) is 1.70. The molecule has 1 aromatic heterocycles. The lowest BCUT2D eigenvalue weighted by Gasteiger charge is -2.09. The topological polar surface area (TPSA) is 98.0 Å². The number of rotatable bonds is 5. The fourth-order valence-electron chi connectivity index (χ4n) is 1.44. The number of hydrogen-bond donors (Lipinski definition) is 3. The van der Waals surface area contributed by atoms with Gasteiger partial charge in [-0.2, -0.15) is 15.0 Å². The van der Waals surface area contributed by atoms with Crippen LogP contribution in [0.5, 0.6) is 6.01 Å². The quantitative estimate of drug-likeness (QED) is 0.439. The van der Waals surface area contributed by atoms with Gasteiger partial charge in [-0.05, 0) is 6.92 Å². The second-order valence-electron chi connectivity index (χ2n) is 3.72. The highest BCUT2D eigenvalue weighted by atomic mass is 19.2. The van der Waals surface area contributed by atoms with E-state index in [1.165, 1.54) is 0 Å². The van der Waals surface area contributed by atoms with E-state index in [9.17, 15) is 13.2 Å². The van der Waals surface area contributed by atoms with E-state index < -0.39 is 23.1 Å². The van der Waals surface area contributed by atoms with Crippen molar-refractivity contribution in [3.63, 3.8) is 0 Å². The molecule has 7 nitrogen and oxygen atoms in total. The Morgan fingerprint density at radius 3 is 2.52 bits per heavy atom. The first kappa shape index (κ1) is 14.8. The third-order valence-corrected chi connectivity index (χ3v) is 2.26. The second-order valence-corrected chi connectivity index (χ2v) is 3.72. The molecule has 0 fully saturated rings. The molecule has 112 valence electrons. The van der Waals surface area contributed by atoms with Crippen LogP contribution in [0.4, 0.5) is 30.8 Å². The van der Waals surface area contributed by atoms with E-state index in [1.54, 1.807) is 6.92 Å². The van der Waals surface area contributed by atoms with E-state index in [-0.39, 0.29) is 24.5 Å². The molecule has 0 bridgehead atoms. The highest BCUT2D eigenvalue weighted by Gasteiger charge is 2.14. The molecule has 0 saturated heterocycles. The normalized spacial score (nSPS) is 10.3. The van der Waals surface area contributed by atoms with Gasteiger partial charge in [0.1, 0.15) is 5.82 Å². The minimum absolute atomic E-state index is 0.0618. The highest BCUT2D eigenvalue weighted by molar-refractivity contribution is 5.55. The van der Waals surface area contributed by atoms with Gasteiger partial charge < -0.3 is 10.1 Å². The van der Waals surface area contributed by atoms with Crippen LogP contribution in [0.15, 0.2) is 12.1 Å². The van der Waals surface area contributed by atoms with Crippen LogP contribution in [-0.4, -0.2) is 21.6 Å². The van der Waals surface area contributed by atoms with Crippen molar-refractivity contribution in [3.05, 3.63) is 29.6 Å². The molecule has 0 aliphatic carbocycles. The van der Waals surface area contributed by atoms with Crippen molar-refractivity contribution in [3.8, 4) is 6.01 Å². The van der Waals surface area contributed by atoms with Crippen LogP contribution >= 0.6 is 0 Å². The predicted molar refractivity (Wildman–Crippen MR) is 68.4 cm³/mol. The van der Waals surface area contributed by atoms with E-state index in [1.807, 2.05) is 0 Å². The molecule has 2 aromatic rings. The summed E-state index contributed by atoms with van der Waals surface area (Å²) in [7, 11) is 0. The molecule has 10 heteroatoms. The maximum absolute atomic E-state index is 13.6. The first-order chi connectivity index (χ1) is 10.0. The number of hydrogen-bond acceptors (Lipinski definition) is 7. The molecule has 0 radical (unpaired) electrons. The maximum Gasteiger partial charge on any atom is 0.323 e. The Balaban J connectivity index is 2.37. The Bertz CT molecular complexity index is 654. The molecular weight excluding hydrogens is 289 g/mol. The Hall–Kier alpha value is -2.62. The zero-order valence-corrected chi connectivity index (χ0v) is 10.8. The van der Waals surface area contributed by atoms with E-state index in [4.69, 9.17) is 10.6 Å². The van der Waals surface area contributed by atoms with Crippen molar-refractivity contribution in [1.29, 1.82) is 0 Å². The standard InChI is InChI=1S/C11H11F3N6O/c1-2-21-11-18-9(17-10(19-11)20-15)16-7-4-5(12)3-6(13)8(7)14/h3-4H,2,15H2,1H3,(H2,16,17,18,19,20). The number of hydrazine groups is 1. The zero-order chi connectivity index (χ0) is 15.4. The summed E-state index contributed by atoms with van der Waals surface area (Å²) in [5, 5.41) is 2.33. The number of nitrogens with one attached hydrogen (secondary N) is 2. The number of nitrogens with zero attached hydrogens (tertiary/aromatic N) is 3. The van der Waals surface area contributed by atoms with Crippen molar-refractivity contribution in [2.24, 2.45) is 5.84 Å². The summed E-state index contributed by atoms with van der Waals surface area (Å²) in [6.07, 6.45) is 0. The smallest absolute Gasteiger partial charge is 0.323 e. The Morgan fingerprint density at radius 1 is 1.14 bits per heavy atom. The van der Waals surface area contributed by atoms with Gasteiger partial charge >= 0.3 is 6.01 Å². The number of ether oxygens (including phenoxy) is 1. The Kier molecular flexibility index (Phi) is 4.38. The summed E-state index contributed by atoms with van der Waals surface area (Å²) in [4.78, 5) is 11.4. The average Bonchev–Trinajstić information content (AvgIpc) is 2.44. The lowest BCUT2D eigenvalue weighted by Crippen LogP contribution is -2.14. The number of benzene rings is 1. The summed E-state index contributed by atoms with van der Waals surface area (Å²) < 4.78 is 44.8. The van der Waals surface area contributed by atoms with E-state index in [0.717, 1.165) is 6.07 Å². The van der Waals surface area contributed by atoms with Crippen LogP contribution in [0.2, 0.25) is 0 Å². The third-order valence-electron chi connectivity index (χ3n) is 2.26. The molecule has 1 aromatic carbocycles. The van der Waals surface area contributed by atoms with Crippen molar-refractivity contribution in [1.82, 2.24) is 15.0 Å². The zero-order valence-electron chi connectivity index (χ0n) is 10.8. The number of anilines is 3. The summed E-state index contributed by atoms with van der Waals surface area (Å²) in [6.45, 7) is 1.98. The van der Waals surface area contributed by atoms with Gasteiger partial charge in [0.15, 0.2) is 11.6 Å². The Labute approximate surface area is 117 Å². The third kappa shape index (κ3) is 3.48. The van der Waals surface area contributed by atoms with Crippen LogP contribution in [0, 0.1) is 17.5 Å². The fourth-order valence-corrected chi connectivity index (χ4v) is 1.44. The number of nitrogen functional groups attached to an aromatic ring is 1. The number of aromatic nitrogens is 3. The molecule has 0 atom stereocenters. The molecule has 0 spiro atoms. The van der Waals surface area contributed by atoms with Gasteiger partial charge in [0.05, 0.1) is 12.3 Å². The molecule has 1 heterocycles. The molecule has 0 aliphatic heterocycles. The van der Waals surface area contributed by atoms with Crippen LogP contribution in [0.3, 0.4) is 0 Å². The van der Waals surface area contributed by atoms with Gasteiger partial charge in [0, 0.05) is 12.1 Å². The van der Waals surface area contributed by atoms with Crippen LogP contribution in [-0.2, 0) is 0 Å². The maximum atomic E-state index is 13.6. The minimum atomic E-state index is -1.34. The van der Waals surface area contributed by atoms with Crippen LogP contribution in [0.1, 0.15) is 6.92 Å². The van der Waals surface area contributed by atoms with E-state index >= 15 is 0 Å². The van der Waals surface area contributed by atoms with Gasteiger partial charge in [-0.15, -0.1) is 0 Å². The van der Waals surface area contributed by atoms with Crippen molar-refractivity contribution < 1.29 is 17.9 Å². The van der Waals surface area contributed by atoms with Crippen molar-refractivity contribution in [2.75, 3.05) is 17.3 Å². The average molecular weight is 300 g/mol. The van der Waals surface area contributed by atoms with Gasteiger partial charge in [-0.25, -0.2) is 19.0 Å². The first-order valence-corrected chi connectivity index (χ1v) is 5.80. The molecule has 2 rings (SSSR count). The van der Waals surface area contributed by atoms with Crippen LogP contribution < -0.4 is 21.3 Å². The monoisotopic (exact) mass is 300 g/mol. The van der Waals surface area contributed by atoms with Gasteiger partial charge in [-0.3, -0.25) is 5.43 Å². The number of halogens is 3. The van der Waals surface area contributed by atoms with E-state index in [0.29, 0.717) is 6.07 Å². The molecule has 0 saturated carbocycles. The molecule has 0 amide bonds. The predicted octanol–water partition coefficient (Wildman–Crippen LogP) is 1.72. The first-order valence-electron chi connectivity index (χ1n) is 5.80. The van der Waals surface area contributed by atoms with Crippen molar-refractivity contribution >= 4 is 17.6 Å². The fraction of sp³-hybridized carbons (Fsp3) is 0.182. The summed E-state index contributed by atoms with van der Waals surface area (Å²) in [6, 6.07) is 1.10. The summed E-state index contributed by atoms with van der Waals surface area (Å²) in [5.74, 6) is 1.37. The number of nitrogens with two attached hydrogens (primary N) is 1. The minimum Gasteiger partial charge on any atom is -0.464 e. The molecule has 4 N–H and O–H groups in total. The van der Waals surface area contributed by atoms with Gasteiger partial charge in [0.2, 0.25) is 11.9 Å². The van der Waals surface area contributed by atoms with Gasteiger partial charge in [0.25, 0.3) is 0 Å². The SMILES string of the molecule is CCOc1nc(NN)nc(Nc2cc(F)cc(F)c2F)n1. The molecular formula is C11H11F3N6O. The second kappa shape index (κ2) is 6.22. The molecule has 21 heavy (non-hydrogen) atoms. The Morgan fingerprint density at radius 2 is 1.86 bits per heavy atom.